The van der Waals surface area contributed by atoms with Crippen molar-refractivity contribution in [2.45, 2.75) is 77.7 Å². The Labute approximate surface area is 156 Å². The number of hydrogen-bond donors (Lipinski definition) is 1. The monoisotopic (exact) mass is 355 g/mol. The Hall–Kier alpha value is -2.10. The number of imidazole rings is 1. The molecule has 140 valence electrons. The fourth-order valence-electron chi connectivity index (χ4n) is 4.24. The van der Waals surface area contributed by atoms with E-state index in [9.17, 15) is 9.90 Å². The number of nitrogens with zero attached hydrogens (tertiary/aromatic N) is 2. The zero-order chi connectivity index (χ0) is 18.8. The molecule has 1 aliphatic rings. The van der Waals surface area contributed by atoms with E-state index >= 15 is 0 Å². The van der Waals surface area contributed by atoms with E-state index in [4.69, 9.17) is 0 Å². The molecule has 0 saturated heterocycles. The number of benzene rings is 1. The molecule has 4 heteroatoms. The van der Waals surface area contributed by atoms with Crippen LogP contribution in [0.25, 0.3) is 5.69 Å². The second-order valence-electron chi connectivity index (χ2n) is 8.09. The fraction of sp³-hybridized carbons (Fsp3) is 0.545. The first kappa shape index (κ1) is 18.7. The van der Waals surface area contributed by atoms with Gasteiger partial charge in [0.05, 0.1) is 0 Å². The highest BCUT2D eigenvalue weighted by molar-refractivity contribution is 5.82. The molecule has 3 rings (SSSR count). The van der Waals surface area contributed by atoms with Gasteiger partial charge in [0.15, 0.2) is 0 Å². The first-order valence-corrected chi connectivity index (χ1v) is 9.90. The number of carboxylic acids is 1. The Bertz CT molecular complexity index is 757. The van der Waals surface area contributed by atoms with Gasteiger partial charge in [-0.15, -0.1) is 0 Å². The second kappa shape index (κ2) is 7.65. The van der Waals surface area contributed by atoms with Crippen LogP contribution in [0.3, 0.4) is 0 Å². The number of aromatic nitrogens is 2. The maximum absolute atomic E-state index is 12.2. The predicted molar refractivity (Wildman–Crippen MR) is 103 cm³/mol. The van der Waals surface area contributed by atoms with E-state index in [0.717, 1.165) is 18.5 Å². The summed E-state index contributed by atoms with van der Waals surface area (Å²) >= 11 is 0. The molecule has 0 aliphatic heterocycles. The lowest BCUT2D eigenvalue weighted by atomic mass is 9.92. The van der Waals surface area contributed by atoms with Crippen LogP contribution in [0.2, 0.25) is 0 Å². The van der Waals surface area contributed by atoms with Gasteiger partial charge in [-0.1, -0.05) is 52.3 Å². The lowest BCUT2D eigenvalue weighted by molar-refractivity contribution is -0.599. The molecule has 0 spiro atoms. The summed E-state index contributed by atoms with van der Waals surface area (Å²) in [6, 6.07) is 6.64. The molecule has 1 saturated carbocycles. The van der Waals surface area contributed by atoms with E-state index in [0.29, 0.717) is 23.7 Å². The molecule has 1 aromatic heterocycles. The summed E-state index contributed by atoms with van der Waals surface area (Å²) in [7, 11) is 0. The molecule has 1 aromatic carbocycles. The standard InChI is InChI=1S/C22H30N2O2/c1-15(2)18-11-8-12-19(16(3)4)20(18)24-14-13-23(21(24)22(25)26)17-9-6-5-7-10-17/h8,11-17H,5-7,9-10H2,1-4H3/p+1. The fourth-order valence-corrected chi connectivity index (χ4v) is 4.24. The van der Waals surface area contributed by atoms with Crippen LogP contribution in [-0.4, -0.2) is 15.6 Å². The van der Waals surface area contributed by atoms with Crippen molar-refractivity contribution in [2.24, 2.45) is 0 Å². The van der Waals surface area contributed by atoms with Gasteiger partial charge in [-0.05, 0) is 37.5 Å². The summed E-state index contributed by atoms with van der Waals surface area (Å²) in [5, 5.41) is 10.0. The Morgan fingerprint density at radius 3 is 2.15 bits per heavy atom. The van der Waals surface area contributed by atoms with Crippen molar-refractivity contribution >= 4 is 5.97 Å². The third kappa shape index (κ3) is 3.42. The molecule has 2 aromatic rings. The number of carboxylic acid groups (broad SMARTS) is 1. The second-order valence-corrected chi connectivity index (χ2v) is 8.09. The quantitative estimate of drug-likeness (QED) is 0.748. The lowest BCUT2D eigenvalue weighted by Crippen LogP contribution is -2.40. The van der Waals surface area contributed by atoms with Crippen molar-refractivity contribution in [3.8, 4) is 5.69 Å². The van der Waals surface area contributed by atoms with Crippen LogP contribution >= 0.6 is 0 Å². The number of carbonyl (C=O) groups is 1. The van der Waals surface area contributed by atoms with Crippen LogP contribution in [0.5, 0.6) is 0 Å². The Morgan fingerprint density at radius 2 is 1.65 bits per heavy atom. The van der Waals surface area contributed by atoms with Crippen molar-refractivity contribution in [2.75, 3.05) is 0 Å². The molecule has 1 heterocycles. The highest BCUT2D eigenvalue weighted by atomic mass is 16.4. The molecular formula is C22H31N2O2+. The van der Waals surface area contributed by atoms with Gasteiger partial charge < -0.3 is 5.11 Å². The summed E-state index contributed by atoms with van der Waals surface area (Å²) in [6.07, 6.45) is 9.68. The molecule has 1 fully saturated rings. The number of para-hydroxylation sites is 1. The van der Waals surface area contributed by atoms with Crippen molar-refractivity contribution in [3.63, 3.8) is 0 Å². The summed E-state index contributed by atoms with van der Waals surface area (Å²) in [4.78, 5) is 12.2. The molecule has 1 aliphatic carbocycles. The largest absolute Gasteiger partial charge is 0.472 e. The summed E-state index contributed by atoms with van der Waals surface area (Å²) in [6.45, 7) is 8.67. The maximum Gasteiger partial charge on any atom is 0.420 e. The SMILES string of the molecule is CC(C)c1cccc(C(C)C)c1-[n+]1ccn(C2CCCCC2)c1C(=O)O. The molecule has 0 unspecified atom stereocenters. The van der Waals surface area contributed by atoms with E-state index in [2.05, 4.69) is 45.9 Å². The minimum absolute atomic E-state index is 0.296. The molecule has 1 N–H and O–H groups in total. The van der Waals surface area contributed by atoms with Crippen LogP contribution in [0.1, 0.15) is 99.4 Å². The van der Waals surface area contributed by atoms with Crippen LogP contribution in [0, 0.1) is 0 Å². The smallest absolute Gasteiger partial charge is 0.420 e. The Kier molecular flexibility index (Phi) is 5.49. The number of aromatic carboxylic acids is 1. The van der Waals surface area contributed by atoms with E-state index in [1.807, 2.05) is 21.5 Å². The van der Waals surface area contributed by atoms with Gasteiger partial charge in [-0.2, -0.15) is 4.57 Å². The summed E-state index contributed by atoms with van der Waals surface area (Å²) in [5.74, 6) is 0.187. The van der Waals surface area contributed by atoms with Crippen LogP contribution in [0.15, 0.2) is 30.6 Å². The lowest BCUT2D eigenvalue weighted by Gasteiger charge is -2.20. The molecule has 0 bridgehead atoms. The predicted octanol–water partition coefficient (Wildman–Crippen LogP) is 5.22. The molecule has 26 heavy (non-hydrogen) atoms. The zero-order valence-corrected chi connectivity index (χ0v) is 16.4. The van der Waals surface area contributed by atoms with E-state index in [1.165, 1.54) is 30.4 Å². The minimum Gasteiger partial charge on any atom is -0.472 e. The molecular weight excluding hydrogens is 324 g/mol. The van der Waals surface area contributed by atoms with Gasteiger partial charge in [0.1, 0.15) is 24.1 Å². The van der Waals surface area contributed by atoms with Gasteiger partial charge in [-0.3, -0.25) is 0 Å². The average molecular weight is 356 g/mol. The van der Waals surface area contributed by atoms with Crippen molar-refractivity contribution in [1.82, 2.24) is 4.57 Å². The van der Waals surface area contributed by atoms with Gasteiger partial charge >= 0.3 is 11.8 Å². The summed E-state index contributed by atoms with van der Waals surface area (Å²) < 4.78 is 3.92. The number of hydrogen-bond acceptors (Lipinski definition) is 1. The molecule has 0 amide bonds. The average Bonchev–Trinajstić information content (AvgIpc) is 3.06. The van der Waals surface area contributed by atoms with E-state index < -0.39 is 5.97 Å². The topological polar surface area (TPSA) is 46.1 Å². The van der Waals surface area contributed by atoms with Gasteiger partial charge in [0.25, 0.3) is 0 Å². The first-order valence-electron chi connectivity index (χ1n) is 9.90. The molecule has 0 radical (unpaired) electrons. The Morgan fingerprint density at radius 1 is 1.08 bits per heavy atom. The van der Waals surface area contributed by atoms with Crippen molar-refractivity contribution < 1.29 is 14.5 Å². The molecule has 0 atom stereocenters. The van der Waals surface area contributed by atoms with Crippen LogP contribution < -0.4 is 4.57 Å². The molecule has 4 nitrogen and oxygen atoms in total. The highest BCUT2D eigenvalue weighted by Crippen LogP contribution is 2.31. The normalized spacial score (nSPS) is 15.8. The van der Waals surface area contributed by atoms with Crippen LogP contribution in [-0.2, 0) is 0 Å². The first-order chi connectivity index (χ1) is 12.4. The van der Waals surface area contributed by atoms with Crippen molar-refractivity contribution in [3.05, 3.63) is 47.5 Å². The minimum atomic E-state index is -0.853. The summed E-state index contributed by atoms with van der Waals surface area (Å²) in [5.41, 5.74) is 3.44. The van der Waals surface area contributed by atoms with Crippen molar-refractivity contribution in [1.29, 1.82) is 0 Å². The van der Waals surface area contributed by atoms with Gasteiger partial charge in [0.2, 0.25) is 0 Å². The van der Waals surface area contributed by atoms with E-state index in [1.54, 1.807) is 0 Å². The van der Waals surface area contributed by atoms with E-state index in [-0.39, 0.29) is 0 Å². The number of rotatable bonds is 5. The highest BCUT2D eigenvalue weighted by Gasteiger charge is 2.33. The van der Waals surface area contributed by atoms with Crippen LogP contribution in [0.4, 0.5) is 0 Å². The van der Waals surface area contributed by atoms with Gasteiger partial charge in [0, 0.05) is 11.1 Å². The maximum atomic E-state index is 12.2. The third-order valence-corrected chi connectivity index (χ3v) is 5.59. The van der Waals surface area contributed by atoms with Gasteiger partial charge in [-0.25, -0.2) is 9.36 Å². The Balaban J connectivity index is 2.21. The third-order valence-electron chi connectivity index (χ3n) is 5.59. The zero-order valence-electron chi connectivity index (χ0n) is 16.4.